The topological polar surface area (TPSA) is 82.5 Å². The minimum atomic E-state index is -1.13. The van der Waals surface area contributed by atoms with Crippen LogP contribution >= 0.6 is 0 Å². The first-order valence-corrected chi connectivity index (χ1v) is 7.06. The molecular formula is C15H21N3O3. The van der Waals surface area contributed by atoms with Crippen LogP contribution in [0.1, 0.15) is 40.6 Å². The maximum Gasteiger partial charge on any atom is 0.354 e. The van der Waals surface area contributed by atoms with E-state index in [2.05, 4.69) is 29.2 Å². The summed E-state index contributed by atoms with van der Waals surface area (Å²) < 4.78 is 0. The molecular weight excluding hydrogens is 270 g/mol. The van der Waals surface area contributed by atoms with Gasteiger partial charge in [0.15, 0.2) is 0 Å². The third kappa shape index (κ3) is 4.01. The minimum absolute atomic E-state index is 0.102. The molecule has 0 aliphatic carbocycles. The summed E-state index contributed by atoms with van der Waals surface area (Å²) in [4.78, 5) is 29.0. The summed E-state index contributed by atoms with van der Waals surface area (Å²) in [7, 11) is 2.10. The SMILES string of the molecule is CN1CCC(C)(CNC(=O)c2ccnc(C(=O)O)c2)CC1. The van der Waals surface area contributed by atoms with Crippen LogP contribution in [0.4, 0.5) is 0 Å². The van der Waals surface area contributed by atoms with Gasteiger partial charge in [0, 0.05) is 18.3 Å². The van der Waals surface area contributed by atoms with E-state index >= 15 is 0 Å². The lowest BCUT2D eigenvalue weighted by molar-refractivity contribution is 0.0690. The van der Waals surface area contributed by atoms with E-state index < -0.39 is 5.97 Å². The Balaban J connectivity index is 1.95. The number of hydrogen-bond acceptors (Lipinski definition) is 4. The van der Waals surface area contributed by atoms with E-state index in [9.17, 15) is 9.59 Å². The van der Waals surface area contributed by atoms with Gasteiger partial charge in [-0.1, -0.05) is 6.92 Å². The third-order valence-corrected chi connectivity index (χ3v) is 4.11. The first-order valence-electron chi connectivity index (χ1n) is 7.06. The van der Waals surface area contributed by atoms with Crippen LogP contribution in [0.2, 0.25) is 0 Å². The van der Waals surface area contributed by atoms with E-state index in [1.165, 1.54) is 18.3 Å². The second-order valence-corrected chi connectivity index (χ2v) is 6.03. The van der Waals surface area contributed by atoms with Crippen molar-refractivity contribution in [2.24, 2.45) is 5.41 Å². The van der Waals surface area contributed by atoms with E-state index in [-0.39, 0.29) is 17.0 Å². The molecule has 1 aliphatic rings. The molecule has 1 fully saturated rings. The third-order valence-electron chi connectivity index (χ3n) is 4.11. The van der Waals surface area contributed by atoms with Gasteiger partial charge < -0.3 is 15.3 Å². The second kappa shape index (κ2) is 6.22. The molecule has 21 heavy (non-hydrogen) atoms. The normalized spacial score (nSPS) is 18.2. The Morgan fingerprint density at radius 1 is 1.43 bits per heavy atom. The van der Waals surface area contributed by atoms with E-state index in [4.69, 9.17) is 5.11 Å². The number of amides is 1. The Morgan fingerprint density at radius 2 is 2.10 bits per heavy atom. The van der Waals surface area contributed by atoms with E-state index in [0.29, 0.717) is 12.1 Å². The predicted molar refractivity (Wildman–Crippen MR) is 78.4 cm³/mol. The molecule has 0 atom stereocenters. The summed E-state index contributed by atoms with van der Waals surface area (Å²) in [5, 5.41) is 11.8. The molecule has 0 saturated carbocycles. The quantitative estimate of drug-likeness (QED) is 0.872. The molecule has 1 aromatic rings. The number of carboxylic acid groups (broad SMARTS) is 1. The van der Waals surface area contributed by atoms with Gasteiger partial charge in [0.05, 0.1) is 0 Å². The van der Waals surface area contributed by atoms with Crippen molar-refractivity contribution in [1.82, 2.24) is 15.2 Å². The predicted octanol–water partition coefficient (Wildman–Crippen LogP) is 1.24. The molecule has 114 valence electrons. The zero-order chi connectivity index (χ0) is 15.5. The molecule has 1 saturated heterocycles. The van der Waals surface area contributed by atoms with Gasteiger partial charge in [-0.25, -0.2) is 9.78 Å². The largest absolute Gasteiger partial charge is 0.477 e. The Labute approximate surface area is 124 Å². The van der Waals surface area contributed by atoms with Crippen molar-refractivity contribution < 1.29 is 14.7 Å². The molecule has 0 unspecified atom stereocenters. The molecule has 1 aromatic heterocycles. The van der Waals surface area contributed by atoms with Gasteiger partial charge >= 0.3 is 5.97 Å². The average Bonchev–Trinajstić information content (AvgIpc) is 2.48. The van der Waals surface area contributed by atoms with Gasteiger partial charge in [-0.3, -0.25) is 4.79 Å². The van der Waals surface area contributed by atoms with Crippen molar-refractivity contribution >= 4 is 11.9 Å². The lowest BCUT2D eigenvalue weighted by atomic mass is 9.80. The van der Waals surface area contributed by atoms with Gasteiger partial charge in [-0.2, -0.15) is 0 Å². The van der Waals surface area contributed by atoms with E-state index in [0.717, 1.165) is 25.9 Å². The highest BCUT2D eigenvalue weighted by atomic mass is 16.4. The molecule has 1 amide bonds. The number of pyridine rings is 1. The van der Waals surface area contributed by atoms with Crippen LogP contribution in [-0.2, 0) is 0 Å². The van der Waals surface area contributed by atoms with E-state index in [1.54, 1.807) is 0 Å². The number of carbonyl (C=O) groups excluding carboxylic acids is 1. The second-order valence-electron chi connectivity index (χ2n) is 6.03. The summed E-state index contributed by atoms with van der Waals surface area (Å²) in [6, 6.07) is 2.83. The van der Waals surface area contributed by atoms with Crippen molar-refractivity contribution in [2.45, 2.75) is 19.8 Å². The van der Waals surface area contributed by atoms with Gasteiger partial charge in [0.2, 0.25) is 0 Å². The molecule has 0 radical (unpaired) electrons. The molecule has 0 aromatic carbocycles. The highest BCUT2D eigenvalue weighted by Gasteiger charge is 2.29. The molecule has 0 bridgehead atoms. The zero-order valence-electron chi connectivity index (χ0n) is 12.4. The summed E-state index contributed by atoms with van der Waals surface area (Å²) in [6.45, 7) is 4.84. The molecule has 6 nitrogen and oxygen atoms in total. The number of carboxylic acids is 1. The monoisotopic (exact) mass is 291 g/mol. The maximum atomic E-state index is 12.1. The van der Waals surface area contributed by atoms with Crippen LogP contribution in [0.25, 0.3) is 0 Å². The summed E-state index contributed by atoms with van der Waals surface area (Å²) >= 11 is 0. The number of carbonyl (C=O) groups is 2. The minimum Gasteiger partial charge on any atom is -0.477 e. The number of hydrogen-bond donors (Lipinski definition) is 2. The van der Waals surface area contributed by atoms with Gasteiger partial charge in [-0.05, 0) is 50.5 Å². The number of piperidine rings is 1. The van der Waals surface area contributed by atoms with E-state index in [1.807, 2.05) is 0 Å². The Bertz CT molecular complexity index is 537. The molecule has 1 aliphatic heterocycles. The highest BCUT2D eigenvalue weighted by Crippen LogP contribution is 2.29. The fourth-order valence-electron chi connectivity index (χ4n) is 2.42. The molecule has 2 rings (SSSR count). The summed E-state index contributed by atoms with van der Waals surface area (Å²) in [5.41, 5.74) is 0.317. The Hall–Kier alpha value is -1.95. The lowest BCUT2D eigenvalue weighted by Crippen LogP contribution is -2.43. The fourth-order valence-corrected chi connectivity index (χ4v) is 2.42. The molecule has 2 heterocycles. The van der Waals surface area contributed by atoms with Gasteiger partial charge in [-0.15, -0.1) is 0 Å². The first-order chi connectivity index (χ1) is 9.89. The molecule has 6 heteroatoms. The highest BCUT2D eigenvalue weighted by molar-refractivity contribution is 5.96. The van der Waals surface area contributed by atoms with Gasteiger partial charge in [0.25, 0.3) is 5.91 Å². The maximum absolute atomic E-state index is 12.1. The van der Waals surface area contributed by atoms with Crippen LogP contribution in [-0.4, -0.2) is 53.5 Å². The van der Waals surface area contributed by atoms with Crippen LogP contribution in [0.5, 0.6) is 0 Å². The smallest absolute Gasteiger partial charge is 0.354 e. The number of aromatic nitrogens is 1. The van der Waals surface area contributed by atoms with Gasteiger partial charge in [0.1, 0.15) is 5.69 Å². The molecule has 2 N–H and O–H groups in total. The fraction of sp³-hybridized carbons (Fsp3) is 0.533. The van der Waals surface area contributed by atoms with Crippen molar-refractivity contribution in [3.63, 3.8) is 0 Å². The summed E-state index contributed by atoms with van der Waals surface area (Å²) in [6.07, 6.45) is 3.43. The van der Waals surface area contributed by atoms with Crippen molar-refractivity contribution in [2.75, 3.05) is 26.7 Å². The van der Waals surface area contributed by atoms with Crippen molar-refractivity contribution in [3.05, 3.63) is 29.6 Å². The number of nitrogens with one attached hydrogen (secondary N) is 1. The number of aromatic carboxylic acids is 1. The Morgan fingerprint density at radius 3 is 2.71 bits per heavy atom. The van der Waals surface area contributed by atoms with Crippen molar-refractivity contribution in [3.8, 4) is 0 Å². The Kier molecular flexibility index (Phi) is 4.57. The number of nitrogens with zero attached hydrogens (tertiary/aromatic N) is 2. The summed E-state index contributed by atoms with van der Waals surface area (Å²) in [5.74, 6) is -1.38. The van der Waals surface area contributed by atoms with Crippen LogP contribution < -0.4 is 5.32 Å². The molecule has 0 spiro atoms. The van der Waals surface area contributed by atoms with Crippen LogP contribution in [0.15, 0.2) is 18.3 Å². The van der Waals surface area contributed by atoms with Crippen LogP contribution in [0.3, 0.4) is 0 Å². The van der Waals surface area contributed by atoms with Crippen molar-refractivity contribution in [1.29, 1.82) is 0 Å². The lowest BCUT2D eigenvalue weighted by Gasteiger charge is -2.37. The standard InChI is InChI=1S/C15H21N3O3/c1-15(4-7-18(2)8-5-15)10-17-13(19)11-3-6-16-12(9-11)14(20)21/h3,6,9H,4-5,7-8,10H2,1-2H3,(H,17,19)(H,20,21). The van der Waals surface area contributed by atoms with Crippen LogP contribution in [0, 0.1) is 5.41 Å². The average molecular weight is 291 g/mol. The number of rotatable bonds is 4. The first kappa shape index (κ1) is 15.4. The number of likely N-dealkylation sites (tertiary alicyclic amines) is 1. The zero-order valence-corrected chi connectivity index (χ0v) is 12.4.